The third-order valence-electron chi connectivity index (χ3n) is 7.25. The lowest BCUT2D eigenvalue weighted by molar-refractivity contribution is -0.136. The molecule has 7 nitrogen and oxygen atoms in total. The lowest BCUT2D eigenvalue weighted by Crippen LogP contribution is -2.41. The highest BCUT2D eigenvalue weighted by atomic mass is 16.2. The quantitative estimate of drug-likeness (QED) is 0.673. The molecule has 3 heterocycles. The number of nitrogens with zero attached hydrogens (tertiary/aromatic N) is 2. The van der Waals surface area contributed by atoms with Crippen LogP contribution >= 0.6 is 0 Å². The molecule has 34 heavy (non-hydrogen) atoms. The van der Waals surface area contributed by atoms with Crippen molar-refractivity contribution in [1.29, 1.82) is 0 Å². The summed E-state index contributed by atoms with van der Waals surface area (Å²) < 4.78 is 0. The van der Waals surface area contributed by atoms with Crippen LogP contribution in [-0.2, 0) is 33.8 Å². The Morgan fingerprint density at radius 3 is 2.41 bits per heavy atom. The number of hydrogen-bond donors (Lipinski definition) is 2. The molecule has 0 unspecified atom stereocenters. The van der Waals surface area contributed by atoms with Crippen molar-refractivity contribution in [1.82, 2.24) is 10.2 Å². The fraction of sp³-hybridized carbons (Fsp3) is 0.444. The van der Waals surface area contributed by atoms with Gasteiger partial charge >= 0.3 is 11.8 Å². The maximum Gasteiger partial charge on any atom is 0.313 e. The van der Waals surface area contributed by atoms with Gasteiger partial charge in [0, 0.05) is 31.7 Å². The first-order chi connectivity index (χ1) is 16.6. The summed E-state index contributed by atoms with van der Waals surface area (Å²) in [4.78, 5) is 41.5. The van der Waals surface area contributed by atoms with Gasteiger partial charge in [-0.25, -0.2) is 0 Å². The first-order valence-corrected chi connectivity index (χ1v) is 12.4. The van der Waals surface area contributed by atoms with E-state index in [4.69, 9.17) is 0 Å². The van der Waals surface area contributed by atoms with Gasteiger partial charge in [-0.3, -0.25) is 19.3 Å². The molecule has 0 spiro atoms. The van der Waals surface area contributed by atoms with Gasteiger partial charge in [0.1, 0.15) is 0 Å². The van der Waals surface area contributed by atoms with Gasteiger partial charge in [-0.15, -0.1) is 0 Å². The van der Waals surface area contributed by atoms with Crippen molar-refractivity contribution in [3.63, 3.8) is 0 Å². The van der Waals surface area contributed by atoms with Crippen molar-refractivity contribution in [3.8, 4) is 0 Å². The Kier molecular flexibility index (Phi) is 6.63. The topological polar surface area (TPSA) is 81.8 Å². The van der Waals surface area contributed by atoms with E-state index in [0.717, 1.165) is 68.7 Å². The zero-order valence-corrected chi connectivity index (χ0v) is 19.5. The van der Waals surface area contributed by atoms with E-state index in [1.165, 1.54) is 5.56 Å². The van der Waals surface area contributed by atoms with Crippen molar-refractivity contribution >= 4 is 29.1 Å². The Morgan fingerprint density at radius 2 is 1.65 bits per heavy atom. The number of aryl methyl sites for hydroxylation is 2. The number of hydrogen-bond acceptors (Lipinski definition) is 4. The third-order valence-corrected chi connectivity index (χ3v) is 7.25. The Morgan fingerprint density at radius 1 is 0.912 bits per heavy atom. The van der Waals surface area contributed by atoms with Gasteiger partial charge in [0.15, 0.2) is 0 Å². The van der Waals surface area contributed by atoms with Crippen molar-refractivity contribution in [2.45, 2.75) is 45.1 Å². The molecule has 3 aliphatic heterocycles. The number of amides is 3. The number of carbonyl (C=O) groups excluding carboxylic acids is 3. The zero-order valence-electron chi connectivity index (χ0n) is 19.5. The predicted molar refractivity (Wildman–Crippen MR) is 132 cm³/mol. The van der Waals surface area contributed by atoms with Crippen LogP contribution < -0.4 is 15.5 Å². The van der Waals surface area contributed by atoms with Crippen molar-refractivity contribution in [3.05, 3.63) is 59.2 Å². The van der Waals surface area contributed by atoms with E-state index in [1.807, 2.05) is 23.1 Å². The summed E-state index contributed by atoms with van der Waals surface area (Å²) in [5.74, 6) is -0.654. The van der Waals surface area contributed by atoms with E-state index in [2.05, 4.69) is 39.8 Å². The highest BCUT2D eigenvalue weighted by Crippen LogP contribution is 2.37. The molecule has 2 aromatic carbocycles. The molecule has 1 saturated heterocycles. The normalized spacial score (nSPS) is 18.4. The third kappa shape index (κ3) is 4.99. The molecule has 3 amide bonds. The molecule has 2 N–H and O–H groups in total. The molecule has 0 aromatic heterocycles. The minimum Gasteiger partial charge on any atom is -0.348 e. The minimum atomic E-state index is -0.631. The van der Waals surface area contributed by atoms with E-state index < -0.39 is 11.8 Å². The summed E-state index contributed by atoms with van der Waals surface area (Å²) in [7, 11) is 0. The molecular weight excluding hydrogens is 428 g/mol. The number of piperidine rings is 1. The fourth-order valence-electron chi connectivity index (χ4n) is 5.42. The van der Waals surface area contributed by atoms with Gasteiger partial charge in [-0.05, 0) is 79.9 Å². The summed E-state index contributed by atoms with van der Waals surface area (Å²) in [6, 6.07) is 14.3. The largest absolute Gasteiger partial charge is 0.348 e. The number of anilines is 2. The molecule has 5 rings (SSSR count). The second-order valence-corrected chi connectivity index (χ2v) is 9.66. The molecular formula is C27H32N4O3. The van der Waals surface area contributed by atoms with Gasteiger partial charge in [-0.2, -0.15) is 0 Å². The van der Waals surface area contributed by atoms with E-state index in [1.54, 1.807) is 0 Å². The monoisotopic (exact) mass is 460 g/mol. The molecule has 0 radical (unpaired) electrons. The van der Waals surface area contributed by atoms with Crippen molar-refractivity contribution in [2.75, 3.05) is 36.4 Å². The first-order valence-electron chi connectivity index (χ1n) is 12.4. The first kappa shape index (κ1) is 22.6. The fourth-order valence-corrected chi connectivity index (χ4v) is 5.42. The van der Waals surface area contributed by atoms with Crippen LogP contribution in [0.4, 0.5) is 11.4 Å². The number of nitrogens with one attached hydrogen (secondary N) is 2. The number of carbonyl (C=O) groups is 3. The lowest BCUT2D eigenvalue weighted by atomic mass is 9.91. The maximum absolute atomic E-state index is 12.5. The molecule has 0 atom stereocenters. The van der Waals surface area contributed by atoms with Crippen molar-refractivity contribution in [2.24, 2.45) is 5.92 Å². The van der Waals surface area contributed by atoms with E-state index in [0.29, 0.717) is 31.0 Å². The van der Waals surface area contributed by atoms with Gasteiger partial charge in [0.25, 0.3) is 0 Å². The Labute approximate surface area is 200 Å². The highest BCUT2D eigenvalue weighted by Gasteiger charge is 2.30. The maximum atomic E-state index is 12.5. The summed E-state index contributed by atoms with van der Waals surface area (Å²) in [6.45, 7) is 4.24. The number of likely N-dealkylation sites (tertiary alicyclic amines) is 1. The van der Waals surface area contributed by atoms with E-state index in [-0.39, 0.29) is 5.91 Å². The summed E-state index contributed by atoms with van der Waals surface area (Å²) in [5.41, 5.74) is 5.13. The standard InChI is InChI=1S/C27H32N4O3/c32-24-9-8-22-16-23(15-21-7-4-12-31(24)25(21)22)29-27(34)26(33)28-17-19-10-13-30(14-11-19)18-20-5-2-1-3-6-20/h1-3,5-6,15-16,19H,4,7-14,17-18H2,(H,28,33)(H,29,34). The molecule has 3 aliphatic rings. The molecule has 1 fully saturated rings. The Balaban J connectivity index is 1.11. The molecule has 178 valence electrons. The Bertz CT molecular complexity index is 1060. The average molecular weight is 461 g/mol. The van der Waals surface area contributed by atoms with E-state index >= 15 is 0 Å². The SMILES string of the molecule is O=C(NCC1CCN(Cc2ccccc2)CC1)C(=O)Nc1cc2c3c(c1)CCC(=O)N3CCC2. The van der Waals surface area contributed by atoms with Crippen LogP contribution in [0.5, 0.6) is 0 Å². The Hall–Kier alpha value is -3.19. The zero-order chi connectivity index (χ0) is 23.5. The van der Waals surface area contributed by atoms with Gasteiger partial charge in [-0.1, -0.05) is 30.3 Å². The van der Waals surface area contributed by atoms with Gasteiger partial charge in [0.05, 0.1) is 5.69 Å². The van der Waals surface area contributed by atoms with Crippen molar-refractivity contribution < 1.29 is 14.4 Å². The number of rotatable bonds is 5. The minimum absolute atomic E-state index is 0.176. The average Bonchev–Trinajstić information content (AvgIpc) is 2.86. The van der Waals surface area contributed by atoms with Crippen LogP contribution in [0.3, 0.4) is 0 Å². The van der Waals surface area contributed by atoms with Crippen LogP contribution in [0.15, 0.2) is 42.5 Å². The highest BCUT2D eigenvalue weighted by molar-refractivity contribution is 6.39. The summed E-state index contributed by atoms with van der Waals surface area (Å²) >= 11 is 0. The molecule has 7 heteroatoms. The van der Waals surface area contributed by atoms with Crippen LogP contribution in [0.2, 0.25) is 0 Å². The molecule has 0 bridgehead atoms. The second kappa shape index (κ2) is 9.97. The number of benzene rings is 2. The lowest BCUT2D eigenvalue weighted by Gasteiger charge is -2.35. The van der Waals surface area contributed by atoms with Gasteiger partial charge in [0.2, 0.25) is 5.91 Å². The van der Waals surface area contributed by atoms with Crippen LogP contribution in [0, 0.1) is 5.92 Å². The molecule has 2 aromatic rings. The van der Waals surface area contributed by atoms with E-state index in [9.17, 15) is 14.4 Å². The molecule has 0 aliphatic carbocycles. The second-order valence-electron chi connectivity index (χ2n) is 9.66. The summed E-state index contributed by atoms with van der Waals surface area (Å²) in [6.07, 6.45) is 4.99. The predicted octanol–water partition coefficient (Wildman–Crippen LogP) is 2.88. The molecule has 0 saturated carbocycles. The summed E-state index contributed by atoms with van der Waals surface area (Å²) in [5, 5.41) is 5.61. The smallest absolute Gasteiger partial charge is 0.313 e. The van der Waals surface area contributed by atoms with Crippen LogP contribution in [0.25, 0.3) is 0 Å². The van der Waals surface area contributed by atoms with Crippen LogP contribution in [-0.4, -0.2) is 48.8 Å². The van der Waals surface area contributed by atoms with Gasteiger partial charge < -0.3 is 15.5 Å². The van der Waals surface area contributed by atoms with Crippen LogP contribution in [0.1, 0.15) is 42.4 Å².